The summed E-state index contributed by atoms with van der Waals surface area (Å²) in [5, 5.41) is 11.1. The van der Waals surface area contributed by atoms with E-state index in [-0.39, 0.29) is 10.6 Å². The van der Waals surface area contributed by atoms with Crippen LogP contribution < -0.4 is 5.56 Å². The summed E-state index contributed by atoms with van der Waals surface area (Å²) < 4.78 is 40.7. The highest BCUT2D eigenvalue weighted by atomic mass is 35.5. The zero-order valence-corrected chi connectivity index (χ0v) is 15.8. The molecule has 0 saturated heterocycles. The summed E-state index contributed by atoms with van der Waals surface area (Å²) in [5.41, 5.74) is 2.42. The quantitative estimate of drug-likeness (QED) is 0.514. The smallest absolute Gasteiger partial charge is 0.382 e. The molecule has 3 aromatic heterocycles. The molecule has 0 saturated carbocycles. The second-order valence-electron chi connectivity index (χ2n) is 6.74. The van der Waals surface area contributed by atoms with Gasteiger partial charge in [-0.15, -0.1) is 0 Å². The summed E-state index contributed by atoms with van der Waals surface area (Å²) in [4.78, 5) is 18.4. The van der Waals surface area contributed by atoms with Crippen molar-refractivity contribution < 1.29 is 18.3 Å². The Morgan fingerprint density at radius 3 is 2.55 bits per heavy atom. The van der Waals surface area contributed by atoms with Crippen LogP contribution in [-0.2, 0) is 6.54 Å². The lowest BCUT2D eigenvalue weighted by Crippen LogP contribution is -2.33. The molecule has 0 aliphatic carbocycles. The van der Waals surface area contributed by atoms with Crippen molar-refractivity contribution >= 4 is 33.4 Å². The zero-order chi connectivity index (χ0) is 20.9. The van der Waals surface area contributed by atoms with Gasteiger partial charge in [-0.3, -0.25) is 9.78 Å². The summed E-state index contributed by atoms with van der Waals surface area (Å²) in [6.07, 6.45) is -4.22. The lowest BCUT2D eigenvalue weighted by Gasteiger charge is -2.18. The number of H-pyrrole nitrogens is 1. The summed E-state index contributed by atoms with van der Waals surface area (Å²) in [6, 6.07) is 7.81. The van der Waals surface area contributed by atoms with Gasteiger partial charge in [-0.2, -0.15) is 13.2 Å². The van der Waals surface area contributed by atoms with E-state index in [9.17, 15) is 23.1 Å². The van der Waals surface area contributed by atoms with Gasteiger partial charge in [0, 0.05) is 40.3 Å². The molecule has 0 fully saturated rings. The number of halogens is 4. The maximum atomic E-state index is 13.1. The molecule has 0 aliphatic heterocycles. The Morgan fingerprint density at radius 2 is 1.90 bits per heavy atom. The van der Waals surface area contributed by atoms with Gasteiger partial charge in [0.15, 0.2) is 6.10 Å². The van der Waals surface area contributed by atoms with Crippen LogP contribution in [0.4, 0.5) is 13.2 Å². The molecule has 150 valence electrons. The van der Waals surface area contributed by atoms with E-state index in [2.05, 4.69) is 9.97 Å². The zero-order valence-electron chi connectivity index (χ0n) is 15.1. The van der Waals surface area contributed by atoms with Crippen LogP contribution in [0.15, 0.2) is 47.5 Å². The second-order valence-corrected chi connectivity index (χ2v) is 7.15. The van der Waals surface area contributed by atoms with E-state index >= 15 is 0 Å². The largest absolute Gasteiger partial charge is 0.416 e. The normalized spacial score (nSPS) is 13.3. The minimum atomic E-state index is -4.76. The second kappa shape index (κ2) is 6.89. The van der Waals surface area contributed by atoms with Crippen LogP contribution in [0.25, 0.3) is 33.1 Å². The number of aliphatic hydroxyl groups excluding tert-OH is 1. The average Bonchev–Trinajstić information content (AvgIpc) is 2.93. The van der Waals surface area contributed by atoms with Crippen LogP contribution >= 0.6 is 11.6 Å². The molecule has 5 nitrogen and oxygen atoms in total. The first-order valence-corrected chi connectivity index (χ1v) is 9.06. The van der Waals surface area contributed by atoms with E-state index in [1.54, 1.807) is 43.6 Å². The van der Waals surface area contributed by atoms with E-state index in [4.69, 9.17) is 11.6 Å². The highest BCUT2D eigenvalue weighted by molar-refractivity contribution is 6.37. The van der Waals surface area contributed by atoms with Crippen LogP contribution in [0.1, 0.15) is 5.56 Å². The van der Waals surface area contributed by atoms with Crippen molar-refractivity contribution in [3.05, 3.63) is 63.7 Å². The van der Waals surface area contributed by atoms with E-state index in [0.717, 1.165) is 0 Å². The van der Waals surface area contributed by atoms with Gasteiger partial charge in [-0.1, -0.05) is 11.6 Å². The van der Waals surface area contributed by atoms with E-state index in [1.165, 1.54) is 10.6 Å². The summed E-state index contributed by atoms with van der Waals surface area (Å²) in [7, 11) is 0. The van der Waals surface area contributed by atoms with E-state index in [0.29, 0.717) is 38.6 Å². The molecule has 0 radical (unpaired) electrons. The number of aryl methyl sites for hydroxylation is 1. The summed E-state index contributed by atoms with van der Waals surface area (Å²) >= 11 is 6.33. The fourth-order valence-electron chi connectivity index (χ4n) is 3.69. The van der Waals surface area contributed by atoms with Crippen molar-refractivity contribution in [1.82, 2.24) is 14.5 Å². The molecule has 1 aromatic carbocycles. The lowest BCUT2D eigenvalue weighted by molar-refractivity contribution is -0.207. The van der Waals surface area contributed by atoms with Crippen LogP contribution in [0, 0.1) is 6.92 Å². The number of aromatic nitrogens is 3. The molecular formula is C20H15ClF3N3O2. The van der Waals surface area contributed by atoms with Gasteiger partial charge < -0.3 is 14.7 Å². The standard InChI is InChI=1S/C20H15ClF3N3O2/c1-10-17-14(3-2-13-18(17)12(21)8-16(29)26-13)27(9-15(28)20(22,23)24)19(10)11-4-6-25-7-5-11/h2-8,15,28H,9H2,1H3,(H,26,29)/t15-/m0/s1. The minimum Gasteiger partial charge on any atom is -0.382 e. The van der Waals surface area contributed by atoms with E-state index < -0.39 is 18.8 Å². The number of aliphatic hydroxyl groups is 1. The van der Waals surface area contributed by atoms with Crippen molar-refractivity contribution in [2.75, 3.05) is 0 Å². The molecule has 3 heterocycles. The van der Waals surface area contributed by atoms with Crippen LogP contribution in [0.3, 0.4) is 0 Å². The van der Waals surface area contributed by atoms with Gasteiger partial charge in [-0.25, -0.2) is 0 Å². The number of hydrogen-bond donors (Lipinski definition) is 2. The average molecular weight is 422 g/mol. The van der Waals surface area contributed by atoms with Gasteiger partial charge >= 0.3 is 6.18 Å². The predicted octanol–water partition coefficient (Wildman–Crippen LogP) is 4.43. The van der Waals surface area contributed by atoms with Crippen LogP contribution in [0.5, 0.6) is 0 Å². The fourth-order valence-corrected chi connectivity index (χ4v) is 3.99. The van der Waals surface area contributed by atoms with Gasteiger partial charge in [0.1, 0.15) is 0 Å². The molecule has 0 spiro atoms. The number of fused-ring (bicyclic) bond motifs is 3. The Balaban J connectivity index is 2.11. The Kier molecular flexibility index (Phi) is 4.63. The molecule has 29 heavy (non-hydrogen) atoms. The number of benzene rings is 1. The monoisotopic (exact) mass is 421 g/mol. The van der Waals surface area contributed by atoms with Crippen molar-refractivity contribution in [2.24, 2.45) is 0 Å². The predicted molar refractivity (Wildman–Crippen MR) is 105 cm³/mol. The van der Waals surface area contributed by atoms with Crippen molar-refractivity contribution in [1.29, 1.82) is 0 Å². The molecular weight excluding hydrogens is 407 g/mol. The van der Waals surface area contributed by atoms with Crippen molar-refractivity contribution in [2.45, 2.75) is 25.7 Å². The van der Waals surface area contributed by atoms with Crippen molar-refractivity contribution in [3.63, 3.8) is 0 Å². The van der Waals surface area contributed by atoms with Crippen LogP contribution in [0.2, 0.25) is 5.02 Å². The van der Waals surface area contributed by atoms with Gasteiger partial charge in [0.25, 0.3) is 0 Å². The van der Waals surface area contributed by atoms with Gasteiger partial charge in [0.05, 0.1) is 22.8 Å². The number of hydrogen-bond acceptors (Lipinski definition) is 3. The van der Waals surface area contributed by atoms with Gasteiger partial charge in [0.2, 0.25) is 5.56 Å². The third-order valence-corrected chi connectivity index (χ3v) is 5.21. The number of alkyl halides is 3. The highest BCUT2D eigenvalue weighted by Gasteiger charge is 2.39. The minimum absolute atomic E-state index is 0.201. The number of pyridine rings is 2. The number of nitrogens with zero attached hydrogens (tertiary/aromatic N) is 2. The number of aromatic amines is 1. The first-order chi connectivity index (χ1) is 13.7. The third-order valence-electron chi connectivity index (χ3n) is 4.92. The molecule has 4 aromatic rings. The molecule has 9 heteroatoms. The lowest BCUT2D eigenvalue weighted by atomic mass is 10.0. The SMILES string of the molecule is Cc1c(-c2ccncc2)n(C[C@H](O)C(F)(F)F)c2ccc3[nH]c(=O)cc(Cl)c3c12. The molecule has 0 aliphatic rings. The first kappa shape index (κ1) is 19.5. The van der Waals surface area contributed by atoms with Crippen LogP contribution in [-0.4, -0.2) is 31.9 Å². The Labute approximate surface area is 167 Å². The maximum Gasteiger partial charge on any atom is 0.416 e. The fraction of sp³-hybridized carbons (Fsp3) is 0.200. The van der Waals surface area contributed by atoms with Gasteiger partial charge in [-0.05, 0) is 36.8 Å². The molecule has 0 amide bonds. The molecule has 0 bridgehead atoms. The molecule has 4 rings (SSSR count). The Morgan fingerprint density at radius 1 is 1.21 bits per heavy atom. The van der Waals surface area contributed by atoms with Crippen molar-refractivity contribution in [3.8, 4) is 11.3 Å². The Bertz CT molecular complexity index is 1280. The molecule has 1 atom stereocenters. The van der Waals surface area contributed by atoms with E-state index in [1.807, 2.05) is 0 Å². The molecule has 2 N–H and O–H groups in total. The number of rotatable bonds is 3. The summed E-state index contributed by atoms with van der Waals surface area (Å²) in [5.74, 6) is 0. The highest BCUT2D eigenvalue weighted by Crippen LogP contribution is 2.39. The first-order valence-electron chi connectivity index (χ1n) is 8.68. The summed E-state index contributed by atoms with van der Waals surface area (Å²) in [6.45, 7) is 1.09. The Hall–Kier alpha value is -2.84. The third kappa shape index (κ3) is 3.28. The maximum absolute atomic E-state index is 13.1. The number of nitrogens with one attached hydrogen (secondary N) is 1. The molecule has 0 unspecified atom stereocenters. The topological polar surface area (TPSA) is 70.9 Å².